The number of hydrogen-bond donors (Lipinski definition) is 1. The number of halogens is 1. The van der Waals surface area contributed by atoms with Crippen molar-refractivity contribution in [2.24, 2.45) is 5.92 Å². The van der Waals surface area contributed by atoms with Crippen LogP contribution in [0.15, 0.2) is 57.9 Å². The number of aryl methyl sites for hydroxylation is 1. The van der Waals surface area contributed by atoms with Gasteiger partial charge in [0, 0.05) is 23.2 Å². The van der Waals surface area contributed by atoms with Gasteiger partial charge in [0.05, 0.1) is 10.8 Å². The third-order valence-corrected chi connectivity index (χ3v) is 7.33. The molecule has 1 aliphatic heterocycles. The van der Waals surface area contributed by atoms with Crippen LogP contribution in [0.3, 0.4) is 0 Å². The van der Waals surface area contributed by atoms with Gasteiger partial charge in [-0.1, -0.05) is 34.1 Å². The van der Waals surface area contributed by atoms with E-state index in [0.717, 1.165) is 15.7 Å². The van der Waals surface area contributed by atoms with Crippen molar-refractivity contribution in [3.05, 3.63) is 58.6 Å². The molecule has 0 aromatic heterocycles. The highest BCUT2D eigenvalue weighted by atomic mass is 79.9. The van der Waals surface area contributed by atoms with Gasteiger partial charge in [-0.3, -0.25) is 4.79 Å². The largest absolute Gasteiger partial charge is 0.326 e. The van der Waals surface area contributed by atoms with E-state index in [1.807, 2.05) is 25.1 Å². The predicted octanol–water partition coefficient (Wildman–Crippen LogP) is 3.80. The molecule has 1 saturated heterocycles. The molecular weight excluding hydrogens is 416 g/mol. The summed E-state index contributed by atoms with van der Waals surface area (Å²) in [5.74, 6) is -0.495. The first-order valence-electron chi connectivity index (χ1n) is 8.50. The quantitative estimate of drug-likeness (QED) is 0.792. The van der Waals surface area contributed by atoms with Crippen molar-refractivity contribution in [1.29, 1.82) is 0 Å². The van der Waals surface area contributed by atoms with Crippen LogP contribution >= 0.6 is 15.9 Å². The number of carbonyl (C=O) groups is 1. The summed E-state index contributed by atoms with van der Waals surface area (Å²) in [4.78, 5) is 12.9. The third kappa shape index (κ3) is 4.16. The molecule has 0 radical (unpaired) electrons. The van der Waals surface area contributed by atoms with E-state index in [9.17, 15) is 13.2 Å². The van der Waals surface area contributed by atoms with Crippen LogP contribution < -0.4 is 5.32 Å². The second-order valence-electron chi connectivity index (χ2n) is 6.47. The van der Waals surface area contributed by atoms with Crippen LogP contribution in [-0.4, -0.2) is 31.7 Å². The van der Waals surface area contributed by atoms with Crippen LogP contribution in [0.5, 0.6) is 0 Å². The van der Waals surface area contributed by atoms with Gasteiger partial charge >= 0.3 is 0 Å². The van der Waals surface area contributed by atoms with Gasteiger partial charge in [0.2, 0.25) is 15.9 Å². The molecular formula is C19H21BrN2O3S. The van der Waals surface area contributed by atoms with E-state index in [0.29, 0.717) is 19.4 Å². The number of sulfonamides is 1. The van der Waals surface area contributed by atoms with Gasteiger partial charge in [0.1, 0.15) is 0 Å². The zero-order valence-electron chi connectivity index (χ0n) is 14.5. The Balaban J connectivity index is 1.71. The zero-order valence-corrected chi connectivity index (χ0v) is 16.9. The van der Waals surface area contributed by atoms with E-state index < -0.39 is 10.0 Å². The van der Waals surface area contributed by atoms with Crippen molar-refractivity contribution in [3.63, 3.8) is 0 Å². The standard InChI is InChI=1S/C19H21BrN2O3S/c1-14-12-16(9-10-18(14)20)21-19(23)15-6-5-11-22(13-15)26(24,25)17-7-3-2-4-8-17/h2-4,7-10,12,15H,5-6,11,13H2,1H3,(H,21,23). The van der Waals surface area contributed by atoms with Crippen LogP contribution in [0.2, 0.25) is 0 Å². The van der Waals surface area contributed by atoms with Gasteiger partial charge < -0.3 is 5.32 Å². The van der Waals surface area contributed by atoms with Crippen LogP contribution in [0, 0.1) is 12.8 Å². The Labute approximate surface area is 162 Å². The summed E-state index contributed by atoms with van der Waals surface area (Å²) in [6.07, 6.45) is 1.35. The molecule has 1 fully saturated rings. The molecule has 7 heteroatoms. The third-order valence-electron chi connectivity index (χ3n) is 4.56. The lowest BCUT2D eigenvalue weighted by molar-refractivity contribution is -0.120. The van der Waals surface area contributed by atoms with Gasteiger partial charge in [0.15, 0.2) is 0 Å². The molecule has 1 atom stereocenters. The summed E-state index contributed by atoms with van der Waals surface area (Å²) in [5.41, 5.74) is 1.75. The number of amides is 1. The van der Waals surface area contributed by atoms with Crippen LogP contribution in [0.4, 0.5) is 5.69 Å². The fourth-order valence-electron chi connectivity index (χ4n) is 3.08. The number of anilines is 1. The van der Waals surface area contributed by atoms with Gasteiger partial charge in [-0.05, 0) is 55.7 Å². The van der Waals surface area contributed by atoms with Crippen molar-refractivity contribution >= 4 is 37.5 Å². The monoisotopic (exact) mass is 436 g/mol. The highest BCUT2D eigenvalue weighted by molar-refractivity contribution is 9.10. The normalized spacial score (nSPS) is 18.5. The van der Waals surface area contributed by atoms with Gasteiger partial charge in [0.25, 0.3) is 0 Å². The van der Waals surface area contributed by atoms with Gasteiger partial charge in [-0.2, -0.15) is 4.31 Å². The topological polar surface area (TPSA) is 66.5 Å². The number of carbonyl (C=O) groups excluding carboxylic acids is 1. The second kappa shape index (κ2) is 7.90. The minimum Gasteiger partial charge on any atom is -0.326 e. The average Bonchev–Trinajstić information content (AvgIpc) is 2.65. The fourth-order valence-corrected chi connectivity index (χ4v) is 4.87. The maximum absolute atomic E-state index is 12.8. The van der Waals surface area contributed by atoms with Gasteiger partial charge in [-0.25, -0.2) is 8.42 Å². The number of benzene rings is 2. The molecule has 1 amide bonds. The molecule has 3 rings (SSSR count). The zero-order chi connectivity index (χ0) is 18.7. The van der Waals surface area contributed by atoms with E-state index in [4.69, 9.17) is 0 Å². The Bertz CT molecular complexity index is 900. The number of nitrogens with one attached hydrogen (secondary N) is 1. The predicted molar refractivity (Wildman–Crippen MR) is 105 cm³/mol. The van der Waals surface area contributed by atoms with Crippen LogP contribution in [0.1, 0.15) is 18.4 Å². The molecule has 0 spiro atoms. The molecule has 138 valence electrons. The van der Waals surface area contributed by atoms with E-state index in [1.165, 1.54) is 4.31 Å². The first-order chi connectivity index (χ1) is 12.4. The number of rotatable bonds is 4. The lowest BCUT2D eigenvalue weighted by Gasteiger charge is -2.31. The smallest absolute Gasteiger partial charge is 0.243 e. The van der Waals surface area contributed by atoms with Gasteiger partial charge in [-0.15, -0.1) is 0 Å². The summed E-state index contributed by atoms with van der Waals surface area (Å²) < 4.78 is 28.0. The lowest BCUT2D eigenvalue weighted by Crippen LogP contribution is -2.43. The molecule has 26 heavy (non-hydrogen) atoms. The average molecular weight is 437 g/mol. The van der Waals surface area contributed by atoms with Crippen molar-refractivity contribution in [2.75, 3.05) is 18.4 Å². The molecule has 2 aromatic carbocycles. The SMILES string of the molecule is Cc1cc(NC(=O)C2CCCN(S(=O)(=O)c3ccccc3)C2)ccc1Br. The maximum Gasteiger partial charge on any atom is 0.243 e. The van der Waals surface area contributed by atoms with Crippen molar-refractivity contribution in [1.82, 2.24) is 4.31 Å². The molecule has 0 aliphatic carbocycles. The first-order valence-corrected chi connectivity index (χ1v) is 10.7. The van der Waals surface area contributed by atoms with E-state index in [1.54, 1.807) is 30.3 Å². The molecule has 2 aromatic rings. The fraction of sp³-hybridized carbons (Fsp3) is 0.316. The molecule has 0 bridgehead atoms. The Kier molecular flexibility index (Phi) is 5.79. The Hall–Kier alpha value is -1.70. The number of nitrogens with zero attached hydrogens (tertiary/aromatic N) is 1. The summed E-state index contributed by atoms with van der Waals surface area (Å²) in [6.45, 7) is 2.60. The molecule has 5 nitrogen and oxygen atoms in total. The highest BCUT2D eigenvalue weighted by Crippen LogP contribution is 2.25. The van der Waals surface area contributed by atoms with E-state index in [-0.39, 0.29) is 23.3 Å². The molecule has 1 heterocycles. The van der Waals surface area contributed by atoms with Crippen molar-refractivity contribution in [3.8, 4) is 0 Å². The Morgan fingerprint density at radius 1 is 1.19 bits per heavy atom. The second-order valence-corrected chi connectivity index (χ2v) is 9.26. The molecule has 1 unspecified atom stereocenters. The number of hydrogen-bond acceptors (Lipinski definition) is 3. The molecule has 1 aliphatic rings. The Morgan fingerprint density at radius 2 is 1.92 bits per heavy atom. The summed E-state index contributed by atoms with van der Waals surface area (Å²) in [6, 6.07) is 14.0. The van der Waals surface area contributed by atoms with Crippen LogP contribution in [-0.2, 0) is 14.8 Å². The summed E-state index contributed by atoms with van der Waals surface area (Å²) >= 11 is 3.44. The minimum absolute atomic E-state index is 0.139. The number of piperidine rings is 1. The Morgan fingerprint density at radius 3 is 2.62 bits per heavy atom. The lowest BCUT2D eigenvalue weighted by atomic mass is 9.98. The van der Waals surface area contributed by atoms with E-state index >= 15 is 0 Å². The highest BCUT2D eigenvalue weighted by Gasteiger charge is 2.33. The molecule has 0 saturated carbocycles. The van der Waals surface area contributed by atoms with Crippen LogP contribution in [0.25, 0.3) is 0 Å². The summed E-state index contributed by atoms with van der Waals surface area (Å²) in [7, 11) is -3.57. The van der Waals surface area contributed by atoms with E-state index in [2.05, 4.69) is 21.2 Å². The van der Waals surface area contributed by atoms with Crippen molar-refractivity contribution in [2.45, 2.75) is 24.7 Å². The molecule has 1 N–H and O–H groups in total. The van der Waals surface area contributed by atoms with Crippen molar-refractivity contribution < 1.29 is 13.2 Å². The summed E-state index contributed by atoms with van der Waals surface area (Å²) in [5, 5.41) is 2.91. The minimum atomic E-state index is -3.57. The first kappa shape index (κ1) is 19.1. The maximum atomic E-state index is 12.8.